The van der Waals surface area contributed by atoms with Crippen molar-refractivity contribution >= 4 is 21.6 Å². The summed E-state index contributed by atoms with van der Waals surface area (Å²) in [7, 11) is -3.85. The molecule has 2 aromatic rings. The van der Waals surface area contributed by atoms with Crippen molar-refractivity contribution in [3.8, 4) is 0 Å². The topological polar surface area (TPSA) is 75.3 Å². The van der Waals surface area contributed by atoms with E-state index in [1.54, 1.807) is 0 Å². The highest BCUT2D eigenvalue weighted by Crippen LogP contribution is 2.46. The lowest BCUT2D eigenvalue weighted by molar-refractivity contribution is -0.114. The van der Waals surface area contributed by atoms with Gasteiger partial charge in [-0.05, 0) is 36.6 Å². The number of carbonyl (C=O) groups excluding carboxylic acids is 1. The Kier molecular flexibility index (Phi) is 4.15. The Balaban J connectivity index is 1.90. The number of sulfonamides is 1. The molecular formula is C17H17FN2O3S. The molecule has 0 heterocycles. The molecule has 1 fully saturated rings. The molecule has 1 saturated carbocycles. The van der Waals surface area contributed by atoms with Crippen molar-refractivity contribution in [2.24, 2.45) is 0 Å². The van der Waals surface area contributed by atoms with Crippen LogP contribution in [0.5, 0.6) is 0 Å². The summed E-state index contributed by atoms with van der Waals surface area (Å²) in [6, 6.07) is 12.7. The Labute approximate surface area is 139 Å². The highest BCUT2D eigenvalue weighted by Gasteiger charge is 2.47. The van der Waals surface area contributed by atoms with Crippen molar-refractivity contribution in [3.05, 3.63) is 59.9 Å². The van der Waals surface area contributed by atoms with E-state index >= 15 is 0 Å². The van der Waals surface area contributed by atoms with Crippen LogP contribution in [0.15, 0.2) is 53.4 Å². The van der Waals surface area contributed by atoms with Gasteiger partial charge in [-0.1, -0.05) is 30.3 Å². The number of nitrogens with one attached hydrogen (secondary N) is 2. The fourth-order valence-corrected chi connectivity index (χ4v) is 4.08. The Bertz CT molecular complexity index is 878. The summed E-state index contributed by atoms with van der Waals surface area (Å²) in [5, 5.41) is 2.29. The van der Waals surface area contributed by atoms with Crippen LogP contribution in [0.25, 0.3) is 0 Å². The Morgan fingerprint density at radius 2 is 1.79 bits per heavy atom. The number of halogens is 1. The van der Waals surface area contributed by atoms with Crippen molar-refractivity contribution in [3.63, 3.8) is 0 Å². The van der Waals surface area contributed by atoms with E-state index in [0.717, 1.165) is 17.7 Å². The van der Waals surface area contributed by atoms with Crippen molar-refractivity contribution in [2.45, 2.75) is 30.2 Å². The van der Waals surface area contributed by atoms with Crippen LogP contribution in [0.1, 0.15) is 25.3 Å². The average Bonchev–Trinajstić information content (AvgIpc) is 3.30. The van der Waals surface area contributed by atoms with E-state index in [2.05, 4.69) is 10.0 Å². The lowest BCUT2D eigenvalue weighted by Crippen LogP contribution is -2.34. The first-order chi connectivity index (χ1) is 11.3. The molecule has 0 aromatic heterocycles. The molecule has 0 radical (unpaired) electrons. The summed E-state index contributed by atoms with van der Waals surface area (Å²) in [6.07, 6.45) is 1.41. The quantitative estimate of drug-likeness (QED) is 0.872. The standard InChI is InChI=1S/C17H17FN2O3S/c1-12(21)19-16-11-14(7-8-15(16)18)24(22,23)20-17(9-10-17)13-5-3-2-4-6-13/h2-8,11,20H,9-10H2,1H3,(H,19,21). The third-order valence-electron chi connectivity index (χ3n) is 3.96. The number of amides is 1. The first-order valence-corrected chi connectivity index (χ1v) is 8.97. The second-order valence-corrected chi connectivity index (χ2v) is 7.56. The molecule has 0 atom stereocenters. The maximum atomic E-state index is 13.7. The number of carbonyl (C=O) groups is 1. The second kappa shape index (κ2) is 5.99. The van der Waals surface area contributed by atoms with Crippen molar-refractivity contribution < 1.29 is 17.6 Å². The first kappa shape index (κ1) is 16.6. The van der Waals surface area contributed by atoms with Crippen molar-refractivity contribution in [2.75, 3.05) is 5.32 Å². The number of benzene rings is 2. The van der Waals surface area contributed by atoms with Crippen LogP contribution in [0.2, 0.25) is 0 Å². The van der Waals surface area contributed by atoms with E-state index in [0.29, 0.717) is 12.8 Å². The second-order valence-electron chi connectivity index (χ2n) is 5.88. The molecule has 1 aliphatic carbocycles. The van der Waals surface area contributed by atoms with Gasteiger partial charge < -0.3 is 5.32 Å². The number of hydrogen-bond acceptors (Lipinski definition) is 3. The van der Waals surface area contributed by atoms with Gasteiger partial charge in [0.05, 0.1) is 16.1 Å². The minimum Gasteiger partial charge on any atom is -0.324 e. The third-order valence-corrected chi connectivity index (χ3v) is 5.50. The summed E-state index contributed by atoms with van der Waals surface area (Å²) in [4.78, 5) is 11.0. The highest BCUT2D eigenvalue weighted by atomic mass is 32.2. The van der Waals surface area contributed by atoms with Crippen LogP contribution in [0.4, 0.5) is 10.1 Å². The number of anilines is 1. The lowest BCUT2D eigenvalue weighted by atomic mass is 10.1. The normalized spacial score (nSPS) is 15.8. The van der Waals surface area contributed by atoms with E-state index in [-0.39, 0.29) is 10.6 Å². The van der Waals surface area contributed by atoms with Gasteiger partial charge in [0.2, 0.25) is 15.9 Å². The predicted octanol–water partition coefficient (Wildman–Crippen LogP) is 2.75. The van der Waals surface area contributed by atoms with E-state index in [1.807, 2.05) is 30.3 Å². The van der Waals surface area contributed by atoms with Crippen molar-refractivity contribution in [1.29, 1.82) is 0 Å². The molecule has 0 saturated heterocycles. The van der Waals surface area contributed by atoms with Crippen LogP contribution in [-0.2, 0) is 20.4 Å². The fraction of sp³-hybridized carbons (Fsp3) is 0.235. The molecule has 0 bridgehead atoms. The van der Waals surface area contributed by atoms with Crippen LogP contribution in [0.3, 0.4) is 0 Å². The molecule has 2 aromatic carbocycles. The Morgan fingerprint density at radius 3 is 2.38 bits per heavy atom. The van der Waals surface area contributed by atoms with E-state index < -0.39 is 27.3 Å². The Morgan fingerprint density at radius 1 is 1.12 bits per heavy atom. The molecule has 0 unspecified atom stereocenters. The van der Waals surface area contributed by atoms with Gasteiger partial charge >= 0.3 is 0 Å². The van der Waals surface area contributed by atoms with E-state index in [1.165, 1.54) is 13.0 Å². The summed E-state index contributed by atoms with van der Waals surface area (Å²) >= 11 is 0. The fourth-order valence-electron chi connectivity index (χ4n) is 2.60. The molecule has 7 heteroatoms. The monoisotopic (exact) mass is 348 g/mol. The van der Waals surface area contributed by atoms with Gasteiger partial charge in [-0.25, -0.2) is 17.5 Å². The summed E-state index contributed by atoms with van der Waals surface area (Å²) in [5.74, 6) is -1.16. The smallest absolute Gasteiger partial charge is 0.241 e. The van der Waals surface area contributed by atoms with Crippen LogP contribution < -0.4 is 10.0 Å². The minimum absolute atomic E-state index is 0.0881. The molecule has 5 nitrogen and oxygen atoms in total. The van der Waals surface area contributed by atoms with Gasteiger partial charge in [-0.3, -0.25) is 4.79 Å². The summed E-state index contributed by atoms with van der Waals surface area (Å²) < 4.78 is 41.7. The third kappa shape index (κ3) is 3.32. The predicted molar refractivity (Wildman–Crippen MR) is 88.4 cm³/mol. The van der Waals surface area contributed by atoms with Gasteiger partial charge in [-0.15, -0.1) is 0 Å². The molecule has 24 heavy (non-hydrogen) atoms. The van der Waals surface area contributed by atoms with Crippen LogP contribution >= 0.6 is 0 Å². The number of rotatable bonds is 5. The van der Waals surface area contributed by atoms with Gasteiger partial charge in [-0.2, -0.15) is 0 Å². The highest BCUT2D eigenvalue weighted by molar-refractivity contribution is 7.89. The first-order valence-electron chi connectivity index (χ1n) is 7.49. The molecule has 0 aliphatic heterocycles. The molecule has 0 spiro atoms. The molecule has 2 N–H and O–H groups in total. The van der Waals surface area contributed by atoms with Gasteiger partial charge in [0, 0.05) is 6.92 Å². The van der Waals surface area contributed by atoms with Crippen LogP contribution in [-0.4, -0.2) is 14.3 Å². The summed E-state index contributed by atoms with van der Waals surface area (Å²) in [6.45, 7) is 1.23. The largest absolute Gasteiger partial charge is 0.324 e. The molecule has 1 amide bonds. The lowest BCUT2D eigenvalue weighted by Gasteiger charge is -2.18. The molecular weight excluding hydrogens is 331 g/mol. The van der Waals surface area contributed by atoms with Crippen molar-refractivity contribution in [1.82, 2.24) is 4.72 Å². The Hall–Kier alpha value is -2.25. The van der Waals surface area contributed by atoms with E-state index in [4.69, 9.17) is 0 Å². The zero-order valence-electron chi connectivity index (χ0n) is 13.0. The van der Waals surface area contributed by atoms with Gasteiger partial charge in [0.25, 0.3) is 0 Å². The zero-order chi connectivity index (χ0) is 17.4. The van der Waals surface area contributed by atoms with Crippen LogP contribution in [0, 0.1) is 5.82 Å². The van der Waals surface area contributed by atoms with E-state index in [9.17, 15) is 17.6 Å². The molecule has 3 rings (SSSR count). The molecule has 1 aliphatic rings. The summed E-state index contributed by atoms with van der Waals surface area (Å²) in [5.41, 5.74) is 0.135. The average molecular weight is 348 g/mol. The number of hydrogen-bond donors (Lipinski definition) is 2. The zero-order valence-corrected chi connectivity index (χ0v) is 13.9. The van der Waals surface area contributed by atoms with Gasteiger partial charge in [0.15, 0.2) is 0 Å². The molecule has 126 valence electrons. The SMILES string of the molecule is CC(=O)Nc1cc(S(=O)(=O)NC2(c3ccccc3)CC2)ccc1F. The maximum absolute atomic E-state index is 13.7. The minimum atomic E-state index is -3.85. The maximum Gasteiger partial charge on any atom is 0.241 e. The van der Waals surface area contributed by atoms with Gasteiger partial charge in [0.1, 0.15) is 5.82 Å².